The molecule has 1 rings (SSSR count). The fourth-order valence-corrected chi connectivity index (χ4v) is 2.05. The van der Waals surface area contributed by atoms with Crippen LogP contribution in [0, 0.1) is 0 Å². The molecule has 4 nitrogen and oxygen atoms in total. The number of thiazole rings is 1. The summed E-state index contributed by atoms with van der Waals surface area (Å²) >= 11 is 1.46. The third kappa shape index (κ3) is 6.56. The fraction of sp³-hybridized carbons (Fsp3) is 0.667. The van der Waals surface area contributed by atoms with E-state index in [4.69, 9.17) is 0 Å². The Labute approximate surface area is 131 Å². The van der Waals surface area contributed by atoms with Crippen LogP contribution in [0.2, 0.25) is 0 Å². The van der Waals surface area contributed by atoms with Crippen molar-refractivity contribution in [3.8, 4) is 0 Å². The van der Waals surface area contributed by atoms with E-state index in [1.165, 1.54) is 11.3 Å². The van der Waals surface area contributed by atoms with Gasteiger partial charge >= 0.3 is 0 Å². The van der Waals surface area contributed by atoms with Crippen molar-refractivity contribution in [3.05, 3.63) is 16.1 Å². The van der Waals surface area contributed by atoms with Crippen LogP contribution >= 0.6 is 36.2 Å². The fourth-order valence-electron chi connectivity index (χ4n) is 1.16. The molecule has 1 unspecified atom stereocenters. The lowest BCUT2D eigenvalue weighted by Gasteiger charge is -2.13. The number of carbonyl (C=O) groups excluding carboxylic acids is 1. The third-order valence-corrected chi connectivity index (χ3v) is 3.85. The normalized spacial score (nSPS) is 12.1. The molecule has 112 valence electrons. The Balaban J connectivity index is 0. The van der Waals surface area contributed by atoms with Gasteiger partial charge in [-0.15, -0.1) is 36.2 Å². The highest BCUT2D eigenvalue weighted by Gasteiger charge is 2.20. The maximum Gasteiger partial charge on any atom is 0.263 e. The van der Waals surface area contributed by atoms with Gasteiger partial charge in [0.1, 0.15) is 4.88 Å². The second kappa shape index (κ2) is 8.74. The topological polar surface area (TPSA) is 54.0 Å². The van der Waals surface area contributed by atoms with Gasteiger partial charge in [-0.3, -0.25) is 4.79 Å². The molecule has 1 heterocycles. The van der Waals surface area contributed by atoms with Crippen molar-refractivity contribution in [1.82, 2.24) is 15.6 Å². The number of aromatic nitrogens is 1. The summed E-state index contributed by atoms with van der Waals surface area (Å²) in [6, 6.07) is 0.272. The van der Waals surface area contributed by atoms with E-state index in [9.17, 15) is 4.79 Å². The van der Waals surface area contributed by atoms with E-state index < -0.39 is 0 Å². The average molecular weight is 328 g/mol. The first-order valence-corrected chi connectivity index (χ1v) is 6.58. The molecule has 0 aliphatic carbocycles. The SMILES string of the molecule is CNC(C)CNC(=O)c1cnc(C(C)(C)C)s1.Cl.Cl. The summed E-state index contributed by atoms with van der Waals surface area (Å²) in [6.07, 6.45) is 1.66. The second-order valence-electron chi connectivity index (χ2n) is 5.18. The van der Waals surface area contributed by atoms with Gasteiger partial charge < -0.3 is 10.6 Å². The molecule has 0 saturated heterocycles. The Morgan fingerprint density at radius 3 is 2.42 bits per heavy atom. The molecule has 1 aromatic rings. The molecule has 0 bridgehead atoms. The van der Waals surface area contributed by atoms with Gasteiger partial charge in [-0.1, -0.05) is 20.8 Å². The van der Waals surface area contributed by atoms with Gasteiger partial charge in [-0.25, -0.2) is 4.98 Å². The largest absolute Gasteiger partial charge is 0.350 e. The summed E-state index contributed by atoms with van der Waals surface area (Å²) < 4.78 is 0. The Morgan fingerprint density at radius 1 is 1.42 bits per heavy atom. The van der Waals surface area contributed by atoms with Crippen LogP contribution in [0.5, 0.6) is 0 Å². The Morgan fingerprint density at radius 2 is 2.00 bits per heavy atom. The maximum absolute atomic E-state index is 11.8. The van der Waals surface area contributed by atoms with Crippen LogP contribution in [0.25, 0.3) is 0 Å². The van der Waals surface area contributed by atoms with E-state index in [0.29, 0.717) is 11.4 Å². The zero-order valence-electron chi connectivity index (χ0n) is 11.9. The van der Waals surface area contributed by atoms with E-state index >= 15 is 0 Å². The van der Waals surface area contributed by atoms with Crippen LogP contribution in [0.15, 0.2) is 6.20 Å². The highest BCUT2D eigenvalue weighted by molar-refractivity contribution is 7.13. The van der Waals surface area contributed by atoms with Gasteiger partial charge in [0.15, 0.2) is 0 Å². The van der Waals surface area contributed by atoms with Crippen molar-refractivity contribution in [2.24, 2.45) is 0 Å². The molecular formula is C12H23Cl2N3OS. The van der Waals surface area contributed by atoms with Gasteiger partial charge in [0.25, 0.3) is 5.91 Å². The molecule has 0 fully saturated rings. The van der Waals surface area contributed by atoms with Crippen LogP contribution in [0.3, 0.4) is 0 Å². The predicted molar refractivity (Wildman–Crippen MR) is 86.2 cm³/mol. The molecule has 7 heteroatoms. The highest BCUT2D eigenvalue weighted by Crippen LogP contribution is 2.26. The first-order chi connectivity index (χ1) is 7.84. The number of hydrogen-bond acceptors (Lipinski definition) is 4. The molecule has 0 radical (unpaired) electrons. The molecule has 0 aliphatic heterocycles. The average Bonchev–Trinajstić information content (AvgIpc) is 2.74. The smallest absolute Gasteiger partial charge is 0.263 e. The van der Waals surface area contributed by atoms with E-state index in [0.717, 1.165) is 5.01 Å². The van der Waals surface area contributed by atoms with Crippen molar-refractivity contribution >= 4 is 42.1 Å². The quantitative estimate of drug-likeness (QED) is 0.893. The van der Waals surface area contributed by atoms with Crippen LogP contribution in [-0.2, 0) is 5.41 Å². The molecule has 0 saturated carbocycles. The zero-order chi connectivity index (χ0) is 13.1. The number of nitrogens with one attached hydrogen (secondary N) is 2. The molecule has 1 amide bonds. The number of rotatable bonds is 4. The zero-order valence-corrected chi connectivity index (χ0v) is 14.4. The van der Waals surface area contributed by atoms with Crippen LogP contribution < -0.4 is 10.6 Å². The van der Waals surface area contributed by atoms with Crippen molar-refractivity contribution in [2.45, 2.75) is 39.2 Å². The summed E-state index contributed by atoms with van der Waals surface area (Å²) in [6.45, 7) is 8.93. The first kappa shape index (κ1) is 20.9. The summed E-state index contributed by atoms with van der Waals surface area (Å²) in [4.78, 5) is 16.8. The molecular weight excluding hydrogens is 305 g/mol. The van der Waals surface area contributed by atoms with Gasteiger partial charge in [0.2, 0.25) is 0 Å². The van der Waals surface area contributed by atoms with Crippen LogP contribution in [-0.4, -0.2) is 30.5 Å². The molecule has 0 spiro atoms. The summed E-state index contributed by atoms with van der Waals surface area (Å²) in [5.74, 6) is -0.0416. The van der Waals surface area contributed by atoms with Crippen molar-refractivity contribution in [2.75, 3.05) is 13.6 Å². The monoisotopic (exact) mass is 327 g/mol. The van der Waals surface area contributed by atoms with Gasteiger partial charge in [0, 0.05) is 18.0 Å². The molecule has 0 aromatic carbocycles. The first-order valence-electron chi connectivity index (χ1n) is 5.76. The lowest BCUT2D eigenvalue weighted by atomic mass is 9.98. The van der Waals surface area contributed by atoms with Crippen LogP contribution in [0.4, 0.5) is 0 Å². The Bertz CT molecular complexity index is 391. The lowest BCUT2D eigenvalue weighted by molar-refractivity contribution is 0.0954. The second-order valence-corrected chi connectivity index (χ2v) is 6.21. The molecule has 0 aliphatic rings. The standard InChI is InChI=1S/C12H21N3OS.2ClH/c1-8(13-5)6-14-10(16)9-7-15-11(17-9)12(2,3)4;;/h7-8,13H,6H2,1-5H3,(H,14,16);2*1H. The third-order valence-electron chi connectivity index (χ3n) is 2.43. The minimum Gasteiger partial charge on any atom is -0.350 e. The molecule has 1 atom stereocenters. The van der Waals surface area contributed by atoms with E-state index in [1.54, 1.807) is 6.20 Å². The predicted octanol–water partition coefficient (Wildman–Crippen LogP) is 2.62. The summed E-state index contributed by atoms with van der Waals surface area (Å²) in [5.41, 5.74) is 0.00145. The summed E-state index contributed by atoms with van der Waals surface area (Å²) in [5, 5.41) is 6.95. The van der Waals surface area contributed by atoms with E-state index in [1.807, 2.05) is 14.0 Å². The number of hydrogen-bond donors (Lipinski definition) is 2. The number of carbonyl (C=O) groups is 1. The lowest BCUT2D eigenvalue weighted by Crippen LogP contribution is -2.36. The number of likely N-dealkylation sites (N-methyl/N-ethyl adjacent to an activating group) is 1. The summed E-state index contributed by atoms with van der Waals surface area (Å²) in [7, 11) is 1.88. The molecule has 1 aromatic heterocycles. The number of halogens is 2. The van der Waals surface area contributed by atoms with E-state index in [2.05, 4.69) is 36.4 Å². The maximum atomic E-state index is 11.8. The van der Waals surface area contributed by atoms with Crippen molar-refractivity contribution in [3.63, 3.8) is 0 Å². The molecule has 19 heavy (non-hydrogen) atoms. The van der Waals surface area contributed by atoms with Crippen LogP contribution in [0.1, 0.15) is 42.4 Å². The molecule has 2 N–H and O–H groups in total. The minimum absolute atomic E-state index is 0. The number of nitrogens with zero attached hydrogens (tertiary/aromatic N) is 1. The number of amides is 1. The Hall–Kier alpha value is -0.360. The van der Waals surface area contributed by atoms with E-state index in [-0.39, 0.29) is 42.2 Å². The van der Waals surface area contributed by atoms with Crippen molar-refractivity contribution < 1.29 is 4.79 Å². The highest BCUT2D eigenvalue weighted by atomic mass is 35.5. The Kier molecular flexibility index (Phi) is 9.64. The van der Waals surface area contributed by atoms with Gasteiger partial charge in [-0.2, -0.15) is 0 Å². The van der Waals surface area contributed by atoms with Gasteiger partial charge in [0.05, 0.1) is 11.2 Å². The van der Waals surface area contributed by atoms with Crippen molar-refractivity contribution in [1.29, 1.82) is 0 Å². The van der Waals surface area contributed by atoms with Gasteiger partial charge in [-0.05, 0) is 14.0 Å². The minimum atomic E-state index is -0.0416.